The van der Waals surface area contributed by atoms with E-state index in [0.717, 1.165) is 43.6 Å². The molecule has 0 bridgehead atoms. The van der Waals surface area contributed by atoms with E-state index in [1.165, 1.54) is 36.8 Å². The molecule has 0 radical (unpaired) electrons. The van der Waals surface area contributed by atoms with E-state index in [1.54, 1.807) is 0 Å². The fourth-order valence-corrected chi connectivity index (χ4v) is 6.20. The summed E-state index contributed by atoms with van der Waals surface area (Å²) in [6.45, 7) is 14.1. The summed E-state index contributed by atoms with van der Waals surface area (Å²) in [5.41, 5.74) is 4.70. The highest BCUT2D eigenvalue weighted by Gasteiger charge is 2.53. The number of hydrogen-bond donors (Lipinski definition) is 0. The first-order chi connectivity index (χ1) is 10.8. The molecule has 3 rings (SSSR count). The van der Waals surface area contributed by atoms with Gasteiger partial charge in [0.25, 0.3) is 0 Å². The van der Waals surface area contributed by atoms with Crippen molar-refractivity contribution in [3.05, 3.63) is 23.3 Å². The molecule has 23 heavy (non-hydrogen) atoms. The Hall–Kier alpha value is -0.850. The number of ketones is 1. The first-order valence-electron chi connectivity index (χ1n) is 9.65. The average Bonchev–Trinajstić information content (AvgIpc) is 2.44. The number of hydrogen-bond acceptors (Lipinski definition) is 1. The van der Waals surface area contributed by atoms with Crippen molar-refractivity contribution in [3.8, 4) is 0 Å². The van der Waals surface area contributed by atoms with Crippen molar-refractivity contribution in [2.24, 2.45) is 22.7 Å². The number of allylic oxidation sites excluding steroid dienone is 3. The minimum absolute atomic E-state index is 0.335. The van der Waals surface area contributed by atoms with Crippen molar-refractivity contribution >= 4 is 5.78 Å². The van der Waals surface area contributed by atoms with Gasteiger partial charge in [0.2, 0.25) is 0 Å². The minimum atomic E-state index is 0.335. The monoisotopic (exact) mass is 314 g/mol. The van der Waals surface area contributed by atoms with Crippen molar-refractivity contribution in [1.82, 2.24) is 0 Å². The molecule has 0 aromatic carbocycles. The normalized spacial score (nSPS) is 37.7. The maximum atomic E-state index is 12.5. The average molecular weight is 315 g/mol. The van der Waals surface area contributed by atoms with Gasteiger partial charge in [-0.05, 0) is 80.1 Å². The smallest absolute Gasteiger partial charge is 0.158 e. The lowest BCUT2D eigenvalue weighted by molar-refractivity contribution is -0.116. The van der Waals surface area contributed by atoms with E-state index in [2.05, 4.69) is 34.3 Å². The first-order valence-corrected chi connectivity index (χ1v) is 9.65. The molecule has 1 nitrogen and oxygen atoms in total. The van der Waals surface area contributed by atoms with Crippen LogP contribution >= 0.6 is 0 Å². The van der Waals surface area contributed by atoms with Gasteiger partial charge < -0.3 is 0 Å². The van der Waals surface area contributed by atoms with Crippen LogP contribution in [0.2, 0.25) is 0 Å². The van der Waals surface area contributed by atoms with Crippen LogP contribution in [0, 0.1) is 22.7 Å². The predicted molar refractivity (Wildman–Crippen MR) is 97.3 cm³/mol. The molecule has 0 saturated heterocycles. The summed E-state index contributed by atoms with van der Waals surface area (Å²) in [4.78, 5) is 12.5. The van der Waals surface area contributed by atoms with Crippen LogP contribution in [0.15, 0.2) is 23.3 Å². The Kier molecular flexibility index (Phi) is 4.36. The van der Waals surface area contributed by atoms with Gasteiger partial charge in [0.05, 0.1) is 0 Å². The molecule has 0 N–H and O–H groups in total. The van der Waals surface area contributed by atoms with Gasteiger partial charge in [0, 0.05) is 6.42 Å². The van der Waals surface area contributed by atoms with Crippen molar-refractivity contribution in [2.45, 2.75) is 85.5 Å². The standard InChI is InChI=1S/C22H34O/c1-15-8-6-9-19(23)17(15)14-18-16(2)10-11-20-21(3,4)12-7-13-22(18,20)5/h18,20H,2,6-14H2,1,3-5H3/t18-,20?,22+/m0/s1. The van der Waals surface area contributed by atoms with E-state index < -0.39 is 0 Å². The fraction of sp³-hybridized carbons (Fsp3) is 0.773. The highest BCUT2D eigenvalue weighted by Crippen LogP contribution is 2.62. The SMILES string of the molecule is C=C1CCC2C(C)(C)CCC[C@]2(C)[C@H]1CC1=C(C)CCCC1=O. The highest BCUT2D eigenvalue weighted by molar-refractivity contribution is 5.96. The zero-order valence-corrected chi connectivity index (χ0v) is 15.6. The number of fused-ring (bicyclic) bond motifs is 1. The molecule has 3 aliphatic rings. The Bertz CT molecular complexity index is 550. The molecule has 1 unspecified atom stereocenters. The van der Waals surface area contributed by atoms with Crippen LogP contribution in [0.25, 0.3) is 0 Å². The zero-order valence-electron chi connectivity index (χ0n) is 15.6. The molecule has 0 aromatic rings. The van der Waals surface area contributed by atoms with Crippen LogP contribution in [0.5, 0.6) is 0 Å². The molecule has 0 aromatic heterocycles. The lowest BCUT2D eigenvalue weighted by atomic mass is 9.47. The Morgan fingerprint density at radius 1 is 1.09 bits per heavy atom. The molecule has 0 aliphatic heterocycles. The maximum absolute atomic E-state index is 12.5. The molecular formula is C22H34O. The lowest BCUT2D eigenvalue weighted by Crippen LogP contribution is -2.49. The van der Waals surface area contributed by atoms with Gasteiger partial charge in [0.1, 0.15) is 0 Å². The number of rotatable bonds is 2. The predicted octanol–water partition coefficient (Wildman–Crippen LogP) is 6.24. The Morgan fingerprint density at radius 3 is 2.52 bits per heavy atom. The van der Waals surface area contributed by atoms with E-state index in [1.807, 2.05) is 0 Å². The Morgan fingerprint density at radius 2 is 1.83 bits per heavy atom. The molecule has 0 heterocycles. The quantitative estimate of drug-likeness (QED) is 0.551. The summed E-state index contributed by atoms with van der Waals surface area (Å²) in [6, 6.07) is 0. The largest absolute Gasteiger partial charge is 0.295 e. The van der Waals surface area contributed by atoms with Crippen LogP contribution < -0.4 is 0 Å². The number of carbonyl (C=O) groups is 1. The molecule has 2 saturated carbocycles. The van der Waals surface area contributed by atoms with Gasteiger partial charge in [-0.1, -0.05) is 44.9 Å². The van der Waals surface area contributed by atoms with Crippen molar-refractivity contribution in [3.63, 3.8) is 0 Å². The molecule has 3 atom stereocenters. The summed E-state index contributed by atoms with van der Waals surface area (Å²) in [5.74, 6) is 1.70. The number of carbonyl (C=O) groups excluding carboxylic acids is 1. The molecule has 1 heteroatoms. The highest BCUT2D eigenvalue weighted by atomic mass is 16.1. The summed E-state index contributed by atoms with van der Waals surface area (Å²) in [5, 5.41) is 0. The van der Waals surface area contributed by atoms with Crippen LogP contribution in [0.1, 0.15) is 85.5 Å². The molecule has 2 fully saturated rings. The van der Waals surface area contributed by atoms with E-state index >= 15 is 0 Å². The summed E-state index contributed by atoms with van der Waals surface area (Å²) in [6.07, 6.45) is 10.3. The molecule has 0 spiro atoms. The molecule has 3 aliphatic carbocycles. The van der Waals surface area contributed by atoms with Crippen LogP contribution in [0.3, 0.4) is 0 Å². The van der Waals surface area contributed by atoms with Gasteiger partial charge >= 0.3 is 0 Å². The second kappa shape index (κ2) is 5.90. The van der Waals surface area contributed by atoms with E-state index in [9.17, 15) is 4.79 Å². The first kappa shape index (κ1) is 17.0. The van der Waals surface area contributed by atoms with Gasteiger partial charge in [-0.15, -0.1) is 0 Å². The Labute approximate surface area is 142 Å². The second-order valence-electron chi connectivity index (χ2n) is 9.39. The van der Waals surface area contributed by atoms with E-state index in [4.69, 9.17) is 0 Å². The van der Waals surface area contributed by atoms with Crippen LogP contribution in [0.4, 0.5) is 0 Å². The summed E-state index contributed by atoms with van der Waals surface area (Å²) < 4.78 is 0. The number of Topliss-reactive ketones (excluding diaryl/α,β-unsaturated/α-hetero) is 1. The van der Waals surface area contributed by atoms with Crippen LogP contribution in [-0.2, 0) is 4.79 Å². The Balaban J connectivity index is 1.93. The third-order valence-corrected chi connectivity index (χ3v) is 7.53. The van der Waals surface area contributed by atoms with Crippen molar-refractivity contribution < 1.29 is 4.79 Å². The van der Waals surface area contributed by atoms with Crippen molar-refractivity contribution in [1.29, 1.82) is 0 Å². The third-order valence-electron chi connectivity index (χ3n) is 7.53. The zero-order chi connectivity index (χ0) is 16.8. The lowest BCUT2D eigenvalue weighted by Gasteiger charge is -2.58. The molecular weight excluding hydrogens is 280 g/mol. The van der Waals surface area contributed by atoms with E-state index in [-0.39, 0.29) is 0 Å². The summed E-state index contributed by atoms with van der Waals surface area (Å²) >= 11 is 0. The van der Waals surface area contributed by atoms with Gasteiger partial charge in [-0.3, -0.25) is 4.79 Å². The van der Waals surface area contributed by atoms with E-state index in [0.29, 0.717) is 22.5 Å². The molecule has 0 amide bonds. The topological polar surface area (TPSA) is 17.1 Å². The van der Waals surface area contributed by atoms with Crippen molar-refractivity contribution in [2.75, 3.05) is 0 Å². The van der Waals surface area contributed by atoms with Crippen LogP contribution in [-0.4, -0.2) is 5.78 Å². The minimum Gasteiger partial charge on any atom is -0.295 e. The van der Waals surface area contributed by atoms with Gasteiger partial charge in [0.15, 0.2) is 5.78 Å². The van der Waals surface area contributed by atoms with Gasteiger partial charge in [-0.2, -0.15) is 0 Å². The molecule has 128 valence electrons. The maximum Gasteiger partial charge on any atom is 0.158 e. The summed E-state index contributed by atoms with van der Waals surface area (Å²) in [7, 11) is 0. The van der Waals surface area contributed by atoms with Gasteiger partial charge in [-0.25, -0.2) is 0 Å². The second-order valence-corrected chi connectivity index (χ2v) is 9.39. The third kappa shape index (κ3) is 2.85. The fourth-order valence-electron chi connectivity index (χ4n) is 6.20.